The zero-order valence-corrected chi connectivity index (χ0v) is 16.2. The Labute approximate surface area is 161 Å². The fraction of sp³-hybridized carbons (Fsp3) is 0.278. The maximum atomic E-state index is 12.9. The first-order valence-corrected chi connectivity index (χ1v) is 8.76. The number of carbonyl (C=O) groups excluding carboxylic acids is 1. The molecular weight excluding hydrogens is 411 g/mol. The van der Waals surface area contributed by atoms with Gasteiger partial charge in [0.1, 0.15) is 0 Å². The summed E-state index contributed by atoms with van der Waals surface area (Å²) in [5.41, 5.74) is 7.79. The Morgan fingerprint density at radius 1 is 1.21 bits per heavy atom. The van der Waals surface area contributed by atoms with Crippen LogP contribution < -0.4 is 5.73 Å². The van der Waals surface area contributed by atoms with Crippen LogP contribution >= 0.6 is 39.9 Å². The van der Waals surface area contributed by atoms with Crippen molar-refractivity contribution in [3.8, 4) is 0 Å². The highest BCUT2D eigenvalue weighted by Gasteiger charge is 2.36. The molecule has 0 aromatic heterocycles. The predicted molar refractivity (Wildman–Crippen MR) is 104 cm³/mol. The molecule has 0 spiro atoms. The van der Waals surface area contributed by atoms with Crippen LogP contribution in [0.1, 0.15) is 21.8 Å². The van der Waals surface area contributed by atoms with E-state index in [4.69, 9.17) is 17.3 Å². The first-order valence-electron chi connectivity index (χ1n) is 7.59. The first kappa shape index (κ1) is 19.3. The number of amides is 1. The van der Waals surface area contributed by atoms with Gasteiger partial charge in [0.25, 0.3) is 5.91 Å². The van der Waals surface area contributed by atoms with Crippen LogP contribution in [0.25, 0.3) is 0 Å². The molecule has 1 saturated heterocycles. The molecule has 6 heteroatoms. The number of benzene rings is 2. The van der Waals surface area contributed by atoms with Gasteiger partial charge in [-0.2, -0.15) is 0 Å². The molecule has 1 heterocycles. The van der Waals surface area contributed by atoms with Crippen molar-refractivity contribution in [2.45, 2.75) is 5.92 Å². The fourth-order valence-corrected chi connectivity index (χ4v) is 3.77. The zero-order chi connectivity index (χ0) is 16.4. The maximum Gasteiger partial charge on any atom is 0.255 e. The van der Waals surface area contributed by atoms with E-state index >= 15 is 0 Å². The second kappa shape index (κ2) is 8.34. The van der Waals surface area contributed by atoms with E-state index in [-0.39, 0.29) is 30.2 Å². The SMILES string of the molecule is Cl.NC[C@@H]1CN(C(=O)c2cc(Cl)ccc2Br)C[C@H]1c1ccccc1. The van der Waals surface area contributed by atoms with Gasteiger partial charge in [-0.1, -0.05) is 41.9 Å². The minimum Gasteiger partial charge on any atom is -0.338 e. The molecule has 0 unspecified atom stereocenters. The van der Waals surface area contributed by atoms with E-state index in [1.165, 1.54) is 5.56 Å². The molecule has 1 aliphatic heterocycles. The van der Waals surface area contributed by atoms with Crippen molar-refractivity contribution in [1.29, 1.82) is 0 Å². The van der Waals surface area contributed by atoms with Crippen LogP contribution in [-0.2, 0) is 0 Å². The normalized spacial score (nSPS) is 19.9. The summed E-state index contributed by atoms with van der Waals surface area (Å²) in [6.45, 7) is 1.93. The molecule has 0 aliphatic carbocycles. The van der Waals surface area contributed by atoms with Crippen LogP contribution in [0.3, 0.4) is 0 Å². The largest absolute Gasteiger partial charge is 0.338 e. The number of hydrogen-bond acceptors (Lipinski definition) is 2. The molecule has 128 valence electrons. The van der Waals surface area contributed by atoms with E-state index in [0.29, 0.717) is 30.2 Å². The van der Waals surface area contributed by atoms with Gasteiger partial charge < -0.3 is 10.6 Å². The van der Waals surface area contributed by atoms with Gasteiger partial charge in [-0.25, -0.2) is 0 Å². The Morgan fingerprint density at radius 2 is 1.92 bits per heavy atom. The Hall–Kier alpha value is -1.07. The van der Waals surface area contributed by atoms with Gasteiger partial charge in [0, 0.05) is 28.5 Å². The quantitative estimate of drug-likeness (QED) is 0.788. The van der Waals surface area contributed by atoms with Crippen molar-refractivity contribution >= 4 is 45.8 Å². The highest BCUT2D eigenvalue weighted by molar-refractivity contribution is 9.10. The van der Waals surface area contributed by atoms with E-state index in [1.807, 2.05) is 23.1 Å². The third-order valence-electron chi connectivity index (χ3n) is 4.42. The molecule has 3 rings (SSSR count). The van der Waals surface area contributed by atoms with Crippen LogP contribution in [0.5, 0.6) is 0 Å². The van der Waals surface area contributed by atoms with Crippen LogP contribution in [0.2, 0.25) is 5.02 Å². The molecule has 2 N–H and O–H groups in total. The van der Waals surface area contributed by atoms with E-state index in [0.717, 1.165) is 4.47 Å². The molecule has 2 aromatic carbocycles. The number of likely N-dealkylation sites (tertiary alicyclic amines) is 1. The Bertz CT molecular complexity index is 711. The van der Waals surface area contributed by atoms with Gasteiger partial charge in [0.05, 0.1) is 5.56 Å². The van der Waals surface area contributed by atoms with Crippen molar-refractivity contribution < 1.29 is 4.79 Å². The smallest absolute Gasteiger partial charge is 0.255 e. The number of carbonyl (C=O) groups is 1. The van der Waals surface area contributed by atoms with Crippen molar-refractivity contribution in [3.05, 3.63) is 69.2 Å². The molecule has 1 amide bonds. The number of nitrogens with two attached hydrogens (primary N) is 1. The van der Waals surface area contributed by atoms with Crippen LogP contribution in [-0.4, -0.2) is 30.4 Å². The molecule has 2 aromatic rings. The van der Waals surface area contributed by atoms with Crippen molar-refractivity contribution in [3.63, 3.8) is 0 Å². The number of halogens is 3. The number of nitrogens with zero attached hydrogens (tertiary/aromatic N) is 1. The predicted octanol–water partition coefficient (Wildman–Crippen LogP) is 4.34. The van der Waals surface area contributed by atoms with Gasteiger partial charge in [0.2, 0.25) is 0 Å². The number of hydrogen-bond donors (Lipinski definition) is 1. The van der Waals surface area contributed by atoms with Crippen LogP contribution in [0, 0.1) is 5.92 Å². The lowest BCUT2D eigenvalue weighted by Gasteiger charge is -2.17. The Balaban J connectivity index is 0.00000208. The van der Waals surface area contributed by atoms with Crippen molar-refractivity contribution in [2.75, 3.05) is 19.6 Å². The van der Waals surface area contributed by atoms with Gasteiger partial charge in [-0.15, -0.1) is 12.4 Å². The molecule has 24 heavy (non-hydrogen) atoms. The number of rotatable bonds is 3. The summed E-state index contributed by atoms with van der Waals surface area (Å²) in [6, 6.07) is 15.6. The summed E-state index contributed by atoms with van der Waals surface area (Å²) in [7, 11) is 0. The molecular formula is C18H19BrCl2N2O. The summed E-state index contributed by atoms with van der Waals surface area (Å²) in [5, 5.41) is 0.561. The van der Waals surface area contributed by atoms with E-state index in [2.05, 4.69) is 28.1 Å². The van der Waals surface area contributed by atoms with Crippen LogP contribution in [0.4, 0.5) is 0 Å². The van der Waals surface area contributed by atoms with Crippen molar-refractivity contribution in [2.24, 2.45) is 11.7 Å². The second-order valence-electron chi connectivity index (χ2n) is 5.85. The maximum absolute atomic E-state index is 12.9. The summed E-state index contributed by atoms with van der Waals surface area (Å²) in [6.07, 6.45) is 0. The molecule has 0 saturated carbocycles. The van der Waals surface area contributed by atoms with Crippen LogP contribution in [0.15, 0.2) is 53.0 Å². The third kappa shape index (κ3) is 3.94. The monoisotopic (exact) mass is 428 g/mol. The summed E-state index contributed by atoms with van der Waals surface area (Å²) in [4.78, 5) is 14.7. The minimum atomic E-state index is -0.00347. The topological polar surface area (TPSA) is 46.3 Å². The average Bonchev–Trinajstić information content (AvgIpc) is 3.01. The standard InChI is InChI=1S/C18H18BrClN2O.ClH/c19-17-7-6-14(20)8-15(17)18(23)22-10-13(9-21)16(11-22)12-4-2-1-3-5-12;/h1-8,13,16H,9-11,21H2;1H/t13-,16+;/m1./s1. The van der Waals surface area contributed by atoms with Gasteiger partial charge >= 0.3 is 0 Å². The molecule has 0 bridgehead atoms. The third-order valence-corrected chi connectivity index (χ3v) is 5.34. The van der Waals surface area contributed by atoms with E-state index in [9.17, 15) is 4.79 Å². The van der Waals surface area contributed by atoms with E-state index < -0.39 is 0 Å². The molecule has 3 nitrogen and oxygen atoms in total. The summed E-state index contributed by atoms with van der Waals surface area (Å²) < 4.78 is 0.763. The van der Waals surface area contributed by atoms with Gasteiger partial charge in [-0.05, 0) is 52.2 Å². The van der Waals surface area contributed by atoms with Gasteiger partial charge in [-0.3, -0.25) is 4.79 Å². The van der Waals surface area contributed by atoms with Crippen molar-refractivity contribution in [1.82, 2.24) is 4.90 Å². The summed E-state index contributed by atoms with van der Waals surface area (Å²) >= 11 is 9.48. The highest BCUT2D eigenvalue weighted by atomic mass is 79.9. The zero-order valence-electron chi connectivity index (χ0n) is 13.0. The molecule has 0 radical (unpaired) electrons. The lowest BCUT2D eigenvalue weighted by atomic mass is 9.89. The van der Waals surface area contributed by atoms with Gasteiger partial charge in [0.15, 0.2) is 0 Å². The Kier molecular flexibility index (Phi) is 6.70. The fourth-order valence-electron chi connectivity index (χ4n) is 3.19. The Morgan fingerprint density at radius 3 is 2.58 bits per heavy atom. The summed E-state index contributed by atoms with van der Waals surface area (Å²) in [5.74, 6) is 0.554. The average molecular weight is 430 g/mol. The lowest BCUT2D eigenvalue weighted by Crippen LogP contribution is -2.30. The first-order chi connectivity index (χ1) is 11.1. The molecule has 2 atom stereocenters. The lowest BCUT2D eigenvalue weighted by molar-refractivity contribution is 0.0785. The molecule has 1 aliphatic rings. The highest BCUT2D eigenvalue weighted by Crippen LogP contribution is 2.34. The molecule has 1 fully saturated rings. The minimum absolute atomic E-state index is 0. The second-order valence-corrected chi connectivity index (χ2v) is 7.14. The van der Waals surface area contributed by atoms with E-state index in [1.54, 1.807) is 18.2 Å².